The Hall–Kier alpha value is -2.58. The standard InChI is InChI=1S/C22H19ClF2N2O3S/c23-14-3-1-13(2-4-14)18(28)5-6-20(29)27-9-7-16(8-10-27)30-22-26-21-17(25)11-15(24)12-19(21)31-22/h1-4,11-12,16H,5-10H2. The number of fused-ring (bicyclic) bond motifs is 1. The number of hydrogen-bond donors (Lipinski definition) is 0. The third-order valence-corrected chi connectivity index (χ3v) is 6.33. The zero-order valence-corrected chi connectivity index (χ0v) is 18.0. The molecule has 5 nitrogen and oxygen atoms in total. The summed E-state index contributed by atoms with van der Waals surface area (Å²) in [4.78, 5) is 30.5. The second-order valence-electron chi connectivity index (χ2n) is 7.34. The van der Waals surface area contributed by atoms with Gasteiger partial charge in [0.1, 0.15) is 17.4 Å². The van der Waals surface area contributed by atoms with Crippen LogP contribution in [0.25, 0.3) is 10.2 Å². The van der Waals surface area contributed by atoms with Crippen LogP contribution in [0.1, 0.15) is 36.0 Å². The lowest BCUT2D eigenvalue weighted by Crippen LogP contribution is -2.41. The minimum atomic E-state index is -0.713. The number of aromatic nitrogens is 1. The van der Waals surface area contributed by atoms with Crippen molar-refractivity contribution >= 4 is 44.8 Å². The van der Waals surface area contributed by atoms with Gasteiger partial charge in [-0.25, -0.2) is 8.78 Å². The maximum atomic E-state index is 13.8. The molecule has 9 heteroatoms. The molecule has 1 amide bonds. The topological polar surface area (TPSA) is 59.5 Å². The van der Waals surface area contributed by atoms with E-state index in [0.29, 0.717) is 41.2 Å². The van der Waals surface area contributed by atoms with Gasteiger partial charge in [0.15, 0.2) is 11.6 Å². The Morgan fingerprint density at radius 1 is 1.13 bits per heavy atom. The van der Waals surface area contributed by atoms with Crippen LogP contribution in [0.3, 0.4) is 0 Å². The van der Waals surface area contributed by atoms with Crippen LogP contribution < -0.4 is 4.74 Å². The number of Topliss-reactive ketones (excluding diaryl/α,β-unsaturated/α-hetero) is 1. The molecule has 0 atom stereocenters. The average molecular weight is 465 g/mol. The molecular formula is C22H19ClF2N2O3S. The first-order valence-corrected chi connectivity index (χ1v) is 11.1. The van der Waals surface area contributed by atoms with Crippen LogP contribution in [0.15, 0.2) is 36.4 Å². The number of halogens is 3. The highest BCUT2D eigenvalue weighted by Crippen LogP contribution is 2.32. The molecule has 1 aliphatic heterocycles. The molecule has 0 radical (unpaired) electrons. The van der Waals surface area contributed by atoms with Crippen LogP contribution in [-0.2, 0) is 4.79 Å². The van der Waals surface area contributed by atoms with Gasteiger partial charge in [-0.1, -0.05) is 22.9 Å². The van der Waals surface area contributed by atoms with Crippen LogP contribution in [-0.4, -0.2) is 40.8 Å². The lowest BCUT2D eigenvalue weighted by atomic mass is 10.0. The summed E-state index contributed by atoms with van der Waals surface area (Å²) < 4.78 is 33.4. The molecule has 0 saturated carbocycles. The number of amides is 1. The van der Waals surface area contributed by atoms with Crippen molar-refractivity contribution in [2.45, 2.75) is 31.8 Å². The van der Waals surface area contributed by atoms with E-state index in [0.717, 1.165) is 17.4 Å². The molecular weight excluding hydrogens is 446 g/mol. The molecule has 2 aromatic carbocycles. The molecule has 0 unspecified atom stereocenters. The minimum Gasteiger partial charge on any atom is -0.467 e. The van der Waals surface area contributed by atoms with Gasteiger partial charge < -0.3 is 9.64 Å². The molecule has 2 heterocycles. The summed E-state index contributed by atoms with van der Waals surface area (Å²) in [5.74, 6) is -1.53. The molecule has 0 bridgehead atoms. The first kappa shape index (κ1) is 21.6. The van der Waals surface area contributed by atoms with Crippen LogP contribution in [0, 0.1) is 11.6 Å². The van der Waals surface area contributed by atoms with Gasteiger partial charge in [-0.3, -0.25) is 9.59 Å². The first-order chi connectivity index (χ1) is 14.9. The summed E-state index contributed by atoms with van der Waals surface area (Å²) in [6, 6.07) is 8.64. The summed E-state index contributed by atoms with van der Waals surface area (Å²) in [7, 11) is 0. The van der Waals surface area contributed by atoms with Gasteiger partial charge in [0.25, 0.3) is 5.19 Å². The number of rotatable bonds is 6. The van der Waals surface area contributed by atoms with Gasteiger partial charge in [0.2, 0.25) is 5.91 Å². The van der Waals surface area contributed by atoms with E-state index in [4.69, 9.17) is 16.3 Å². The number of likely N-dealkylation sites (tertiary alicyclic amines) is 1. The Morgan fingerprint density at radius 3 is 2.55 bits per heavy atom. The number of piperidine rings is 1. The number of carbonyl (C=O) groups is 2. The first-order valence-electron chi connectivity index (χ1n) is 9.88. The van der Waals surface area contributed by atoms with E-state index in [-0.39, 0.29) is 41.3 Å². The predicted molar refractivity (Wildman–Crippen MR) is 115 cm³/mol. The second-order valence-corrected chi connectivity index (χ2v) is 8.77. The van der Waals surface area contributed by atoms with Crippen molar-refractivity contribution in [1.82, 2.24) is 9.88 Å². The lowest BCUT2D eigenvalue weighted by Gasteiger charge is -2.31. The molecule has 1 saturated heterocycles. The Morgan fingerprint density at radius 2 is 1.84 bits per heavy atom. The molecule has 0 N–H and O–H groups in total. The zero-order valence-electron chi connectivity index (χ0n) is 16.4. The van der Waals surface area contributed by atoms with Gasteiger partial charge in [0, 0.05) is 55.4 Å². The molecule has 1 aliphatic rings. The molecule has 31 heavy (non-hydrogen) atoms. The van der Waals surface area contributed by atoms with Crippen molar-refractivity contribution in [3.05, 3.63) is 58.6 Å². The Balaban J connectivity index is 1.26. The number of nitrogens with zero attached hydrogens (tertiary/aromatic N) is 2. The fourth-order valence-electron chi connectivity index (χ4n) is 3.51. The van der Waals surface area contributed by atoms with Crippen molar-refractivity contribution in [3.8, 4) is 5.19 Å². The fraction of sp³-hybridized carbons (Fsp3) is 0.318. The number of carbonyl (C=O) groups excluding carboxylic acids is 2. The monoisotopic (exact) mass is 464 g/mol. The van der Waals surface area contributed by atoms with Crippen LogP contribution in [0.5, 0.6) is 5.19 Å². The summed E-state index contributed by atoms with van der Waals surface area (Å²) in [5.41, 5.74) is 0.635. The van der Waals surface area contributed by atoms with Crippen molar-refractivity contribution in [3.63, 3.8) is 0 Å². The van der Waals surface area contributed by atoms with Crippen molar-refractivity contribution in [2.24, 2.45) is 0 Å². The highest BCUT2D eigenvalue weighted by atomic mass is 35.5. The number of ether oxygens (including phenoxy) is 1. The largest absolute Gasteiger partial charge is 0.467 e. The number of thiazole rings is 1. The second kappa shape index (κ2) is 9.28. The molecule has 1 aromatic heterocycles. The van der Waals surface area contributed by atoms with Gasteiger partial charge in [-0.2, -0.15) is 4.98 Å². The molecule has 3 aromatic rings. The van der Waals surface area contributed by atoms with E-state index in [1.807, 2.05) is 0 Å². The smallest absolute Gasteiger partial charge is 0.274 e. The molecule has 0 aliphatic carbocycles. The number of hydrogen-bond acceptors (Lipinski definition) is 5. The van der Waals surface area contributed by atoms with Crippen LogP contribution >= 0.6 is 22.9 Å². The highest BCUT2D eigenvalue weighted by molar-refractivity contribution is 7.20. The van der Waals surface area contributed by atoms with E-state index < -0.39 is 11.6 Å². The summed E-state index contributed by atoms with van der Waals surface area (Å²) in [6.07, 6.45) is 1.33. The molecule has 1 fully saturated rings. The Kier molecular flexibility index (Phi) is 6.48. The average Bonchev–Trinajstić information content (AvgIpc) is 3.15. The Bertz CT molecular complexity index is 1110. The van der Waals surface area contributed by atoms with E-state index in [2.05, 4.69) is 4.98 Å². The molecule has 162 valence electrons. The maximum absolute atomic E-state index is 13.8. The normalized spacial score (nSPS) is 14.7. The minimum absolute atomic E-state index is 0.0710. The summed E-state index contributed by atoms with van der Waals surface area (Å²) >= 11 is 6.92. The number of ketones is 1. The van der Waals surface area contributed by atoms with E-state index in [9.17, 15) is 18.4 Å². The van der Waals surface area contributed by atoms with Crippen molar-refractivity contribution in [2.75, 3.05) is 13.1 Å². The van der Waals surface area contributed by atoms with Gasteiger partial charge in [0.05, 0.1) is 4.70 Å². The third kappa shape index (κ3) is 5.19. The Labute approximate surface area is 186 Å². The SMILES string of the molecule is O=C(CCC(=O)N1CCC(Oc2nc3c(F)cc(F)cc3s2)CC1)c1ccc(Cl)cc1. The lowest BCUT2D eigenvalue weighted by molar-refractivity contribution is -0.132. The van der Waals surface area contributed by atoms with E-state index in [1.54, 1.807) is 29.2 Å². The van der Waals surface area contributed by atoms with Crippen molar-refractivity contribution < 1.29 is 23.1 Å². The van der Waals surface area contributed by atoms with E-state index in [1.165, 1.54) is 6.07 Å². The van der Waals surface area contributed by atoms with Gasteiger partial charge in [-0.05, 0) is 30.3 Å². The van der Waals surface area contributed by atoms with E-state index >= 15 is 0 Å². The fourth-order valence-corrected chi connectivity index (χ4v) is 4.56. The quantitative estimate of drug-likeness (QED) is 0.467. The van der Waals surface area contributed by atoms with Crippen molar-refractivity contribution in [1.29, 1.82) is 0 Å². The highest BCUT2D eigenvalue weighted by Gasteiger charge is 2.25. The number of benzene rings is 2. The van der Waals surface area contributed by atoms with Crippen LogP contribution in [0.2, 0.25) is 5.02 Å². The molecule has 0 spiro atoms. The maximum Gasteiger partial charge on any atom is 0.274 e. The van der Waals surface area contributed by atoms with Gasteiger partial charge >= 0.3 is 0 Å². The zero-order chi connectivity index (χ0) is 22.0. The predicted octanol–water partition coefficient (Wildman–Crippen LogP) is 5.26. The summed E-state index contributed by atoms with van der Waals surface area (Å²) in [5, 5.41) is 0.846. The van der Waals surface area contributed by atoms with Gasteiger partial charge in [-0.15, -0.1) is 0 Å². The third-order valence-electron chi connectivity index (χ3n) is 5.19. The summed E-state index contributed by atoms with van der Waals surface area (Å²) in [6.45, 7) is 1.01. The van der Waals surface area contributed by atoms with Crippen LogP contribution in [0.4, 0.5) is 8.78 Å². The molecule has 4 rings (SSSR count).